The molecule has 0 spiro atoms. The predicted molar refractivity (Wildman–Crippen MR) is 117 cm³/mol. The summed E-state index contributed by atoms with van der Waals surface area (Å²) in [4.78, 5) is 9.05. The molecule has 0 fully saturated rings. The SMILES string of the molecule is N#Cc1cc(-c2cc(-c3cc(C#N)c(F)c(C#N)c3)nc(-c3ccccc3)n2)cc(C#N)c1F. The number of hydrogen-bond donors (Lipinski definition) is 0. The van der Waals surface area contributed by atoms with Crippen molar-refractivity contribution in [3.8, 4) is 58.2 Å². The summed E-state index contributed by atoms with van der Waals surface area (Å²) >= 11 is 0. The highest BCUT2D eigenvalue weighted by Gasteiger charge is 2.17. The highest BCUT2D eigenvalue weighted by atomic mass is 19.1. The molecule has 0 unspecified atom stereocenters. The van der Waals surface area contributed by atoms with Crippen LogP contribution in [-0.4, -0.2) is 9.97 Å². The number of nitriles is 4. The van der Waals surface area contributed by atoms with Crippen molar-refractivity contribution in [3.05, 3.63) is 94.6 Å². The first kappa shape index (κ1) is 21.8. The summed E-state index contributed by atoms with van der Waals surface area (Å²) in [5.74, 6) is -1.60. The molecule has 6 nitrogen and oxygen atoms in total. The first-order chi connectivity index (χ1) is 16.5. The van der Waals surface area contributed by atoms with Crippen LogP contribution in [0.3, 0.4) is 0 Å². The van der Waals surface area contributed by atoms with Crippen molar-refractivity contribution in [2.24, 2.45) is 0 Å². The summed E-state index contributed by atoms with van der Waals surface area (Å²) in [6, 6.07) is 22.4. The van der Waals surface area contributed by atoms with E-state index >= 15 is 0 Å². The first-order valence-electron chi connectivity index (χ1n) is 9.71. The van der Waals surface area contributed by atoms with E-state index < -0.39 is 11.6 Å². The highest BCUT2D eigenvalue weighted by Crippen LogP contribution is 2.31. The van der Waals surface area contributed by atoms with Crippen molar-refractivity contribution in [2.75, 3.05) is 0 Å². The van der Waals surface area contributed by atoms with Gasteiger partial charge in [0, 0.05) is 16.7 Å². The Kier molecular flexibility index (Phi) is 5.74. The van der Waals surface area contributed by atoms with Gasteiger partial charge in [-0.3, -0.25) is 0 Å². The summed E-state index contributed by atoms with van der Waals surface area (Å²) in [7, 11) is 0. The van der Waals surface area contributed by atoms with E-state index in [0.717, 1.165) is 0 Å². The Morgan fingerprint density at radius 2 is 0.912 bits per heavy atom. The van der Waals surface area contributed by atoms with Crippen LogP contribution in [-0.2, 0) is 0 Å². The van der Waals surface area contributed by atoms with Crippen LogP contribution in [0.4, 0.5) is 8.78 Å². The predicted octanol–water partition coefficient (Wildman–Crippen LogP) is 5.24. The van der Waals surface area contributed by atoms with Gasteiger partial charge in [-0.25, -0.2) is 18.7 Å². The molecule has 0 aliphatic heterocycles. The molecule has 0 radical (unpaired) electrons. The minimum absolute atomic E-state index is 0.260. The van der Waals surface area contributed by atoms with E-state index in [2.05, 4.69) is 9.97 Å². The maximum Gasteiger partial charge on any atom is 0.160 e. The van der Waals surface area contributed by atoms with Crippen molar-refractivity contribution in [1.29, 1.82) is 21.0 Å². The average Bonchev–Trinajstić information content (AvgIpc) is 2.89. The molecule has 4 aromatic rings. The van der Waals surface area contributed by atoms with Gasteiger partial charge in [0.2, 0.25) is 0 Å². The van der Waals surface area contributed by atoms with Crippen LogP contribution in [0.2, 0.25) is 0 Å². The number of rotatable bonds is 3. The Hall–Kier alpha value is -5.44. The molecular formula is C26H10F2N6. The third kappa shape index (κ3) is 3.92. The summed E-state index contributed by atoms with van der Waals surface area (Å²) in [5, 5.41) is 37.1. The fourth-order valence-electron chi connectivity index (χ4n) is 3.33. The number of hydrogen-bond acceptors (Lipinski definition) is 6. The largest absolute Gasteiger partial charge is 0.228 e. The zero-order valence-corrected chi connectivity index (χ0v) is 17.2. The van der Waals surface area contributed by atoms with Crippen molar-refractivity contribution in [2.45, 2.75) is 0 Å². The van der Waals surface area contributed by atoms with Gasteiger partial charge in [-0.15, -0.1) is 0 Å². The second kappa shape index (κ2) is 8.97. The van der Waals surface area contributed by atoms with Crippen LogP contribution in [0.5, 0.6) is 0 Å². The molecule has 3 aromatic carbocycles. The van der Waals surface area contributed by atoms with Crippen LogP contribution >= 0.6 is 0 Å². The quantitative estimate of drug-likeness (QED) is 0.426. The van der Waals surface area contributed by atoms with Gasteiger partial charge in [0.05, 0.1) is 33.6 Å². The molecule has 0 aliphatic carbocycles. The Morgan fingerprint density at radius 1 is 0.529 bits per heavy atom. The molecule has 4 rings (SSSR count). The lowest BCUT2D eigenvalue weighted by atomic mass is 10.00. The minimum atomic E-state index is -0.929. The molecular weight excluding hydrogens is 434 g/mol. The molecule has 0 amide bonds. The van der Waals surface area contributed by atoms with E-state index in [1.54, 1.807) is 48.5 Å². The zero-order chi connectivity index (χ0) is 24.2. The van der Waals surface area contributed by atoms with Gasteiger partial charge >= 0.3 is 0 Å². The van der Waals surface area contributed by atoms with Crippen molar-refractivity contribution in [3.63, 3.8) is 0 Å². The van der Waals surface area contributed by atoms with Crippen LogP contribution in [0.1, 0.15) is 22.3 Å². The van der Waals surface area contributed by atoms with Gasteiger partial charge in [-0.05, 0) is 30.3 Å². The molecule has 0 N–H and O–H groups in total. The minimum Gasteiger partial charge on any atom is -0.228 e. The first-order valence-corrected chi connectivity index (χ1v) is 9.71. The molecule has 1 aromatic heterocycles. The summed E-state index contributed by atoms with van der Waals surface area (Å²) in [6.07, 6.45) is 0. The Bertz CT molecular complexity index is 1450. The number of halogens is 2. The molecule has 0 bridgehead atoms. The third-order valence-electron chi connectivity index (χ3n) is 4.98. The topological polar surface area (TPSA) is 121 Å². The van der Waals surface area contributed by atoms with Crippen molar-refractivity contribution in [1.82, 2.24) is 9.97 Å². The second-order valence-corrected chi connectivity index (χ2v) is 7.05. The van der Waals surface area contributed by atoms with Gasteiger partial charge in [0.1, 0.15) is 24.3 Å². The fraction of sp³-hybridized carbons (Fsp3) is 0. The Morgan fingerprint density at radius 3 is 1.26 bits per heavy atom. The van der Waals surface area contributed by atoms with E-state index in [1.807, 2.05) is 6.07 Å². The fourth-order valence-corrected chi connectivity index (χ4v) is 3.33. The summed E-state index contributed by atoms with van der Waals surface area (Å²) < 4.78 is 28.6. The molecule has 34 heavy (non-hydrogen) atoms. The van der Waals surface area contributed by atoms with Gasteiger partial charge in [0.15, 0.2) is 17.5 Å². The smallest absolute Gasteiger partial charge is 0.160 e. The molecule has 0 aliphatic rings. The standard InChI is InChI=1S/C26H10F2N6/c27-24-18(11-29)6-16(7-19(24)12-30)22-10-23(34-26(33-22)15-4-2-1-3-5-15)17-8-20(13-31)25(28)21(9-17)14-32/h1-10H. The van der Waals surface area contributed by atoms with E-state index in [1.165, 1.54) is 30.3 Å². The van der Waals surface area contributed by atoms with Gasteiger partial charge in [-0.1, -0.05) is 30.3 Å². The Labute approximate surface area is 192 Å². The molecule has 158 valence electrons. The maximum atomic E-state index is 14.3. The zero-order valence-electron chi connectivity index (χ0n) is 17.2. The third-order valence-corrected chi connectivity index (χ3v) is 4.98. The van der Waals surface area contributed by atoms with Crippen LogP contribution in [0.25, 0.3) is 33.9 Å². The van der Waals surface area contributed by atoms with Crippen molar-refractivity contribution < 1.29 is 8.78 Å². The van der Waals surface area contributed by atoms with E-state index in [9.17, 15) is 29.8 Å². The normalized spacial score (nSPS) is 9.94. The van der Waals surface area contributed by atoms with Crippen LogP contribution in [0, 0.1) is 57.0 Å². The molecule has 0 saturated heterocycles. The second-order valence-electron chi connectivity index (χ2n) is 7.05. The number of benzene rings is 3. The number of nitrogens with zero attached hydrogens (tertiary/aromatic N) is 6. The molecule has 0 saturated carbocycles. The summed E-state index contributed by atoms with van der Waals surface area (Å²) in [5.41, 5.74) is 0.448. The highest BCUT2D eigenvalue weighted by molar-refractivity contribution is 5.74. The van der Waals surface area contributed by atoms with Gasteiger partial charge in [0.25, 0.3) is 0 Å². The van der Waals surface area contributed by atoms with Gasteiger partial charge < -0.3 is 0 Å². The van der Waals surface area contributed by atoms with Crippen LogP contribution < -0.4 is 0 Å². The average molecular weight is 444 g/mol. The lowest BCUT2D eigenvalue weighted by molar-refractivity contribution is 0.620. The number of aromatic nitrogens is 2. The molecule has 1 heterocycles. The molecule has 0 atom stereocenters. The summed E-state index contributed by atoms with van der Waals surface area (Å²) in [6.45, 7) is 0. The van der Waals surface area contributed by atoms with Crippen LogP contribution in [0.15, 0.2) is 60.7 Å². The Balaban J connectivity index is 2.03. The molecule has 8 heteroatoms. The lowest BCUT2D eigenvalue weighted by Gasteiger charge is -2.11. The van der Waals surface area contributed by atoms with Gasteiger partial charge in [-0.2, -0.15) is 21.0 Å². The lowest BCUT2D eigenvalue weighted by Crippen LogP contribution is -1.99. The van der Waals surface area contributed by atoms with Crippen molar-refractivity contribution >= 4 is 0 Å². The van der Waals surface area contributed by atoms with E-state index in [4.69, 9.17) is 0 Å². The van der Waals surface area contributed by atoms with E-state index in [-0.39, 0.29) is 39.5 Å². The monoisotopic (exact) mass is 444 g/mol. The van der Waals surface area contributed by atoms with E-state index in [0.29, 0.717) is 16.7 Å². The maximum absolute atomic E-state index is 14.3.